The Hall–Kier alpha value is -1.59. The average molecular weight is 378 g/mol. The number of nitrogens with two attached hydrogens (primary N) is 1. The molecule has 0 radical (unpaired) electrons. The fourth-order valence-electron chi connectivity index (χ4n) is 3.47. The number of carbonyl (C=O) groups is 1. The molecule has 1 aliphatic rings. The fraction of sp³-hybridized carbons (Fsp3) is 0.682. The highest BCUT2D eigenvalue weighted by Gasteiger charge is 2.18. The third-order valence-electron chi connectivity index (χ3n) is 4.96. The lowest BCUT2D eigenvalue weighted by molar-refractivity contribution is -0.484. The van der Waals surface area contributed by atoms with Gasteiger partial charge in [0.1, 0.15) is 17.5 Å². The molecule has 1 amide bonds. The molecule has 1 aliphatic heterocycles. The molecule has 1 aromatic rings. The zero-order chi connectivity index (χ0) is 19.3. The number of rotatable bonds is 11. The summed E-state index contributed by atoms with van der Waals surface area (Å²) in [5.74, 6) is 0.856. The molecule has 0 unspecified atom stereocenters. The van der Waals surface area contributed by atoms with Crippen LogP contribution in [-0.2, 0) is 4.74 Å². The lowest BCUT2D eigenvalue weighted by Gasteiger charge is -2.28. The highest BCUT2D eigenvalue weighted by atomic mass is 16.6. The van der Waals surface area contributed by atoms with Crippen molar-refractivity contribution in [3.8, 4) is 5.75 Å². The van der Waals surface area contributed by atoms with Crippen LogP contribution < -0.4 is 10.1 Å². The van der Waals surface area contributed by atoms with Gasteiger partial charge in [0.15, 0.2) is 0 Å². The van der Waals surface area contributed by atoms with Crippen LogP contribution in [0.2, 0.25) is 0 Å². The summed E-state index contributed by atoms with van der Waals surface area (Å²) in [6.45, 7) is 8.00. The third-order valence-corrected chi connectivity index (χ3v) is 4.96. The molecule has 2 rings (SSSR count). The van der Waals surface area contributed by atoms with E-state index in [-0.39, 0.29) is 12.2 Å². The monoisotopic (exact) mass is 377 g/mol. The number of amides is 1. The van der Waals surface area contributed by atoms with Crippen molar-refractivity contribution in [2.75, 3.05) is 26.2 Å². The molecule has 1 saturated heterocycles. The van der Waals surface area contributed by atoms with Gasteiger partial charge in [0, 0.05) is 18.7 Å². The zero-order valence-corrected chi connectivity index (χ0v) is 17.1. The maximum atomic E-state index is 12.1. The summed E-state index contributed by atoms with van der Waals surface area (Å²) in [5, 5.41) is 1.56. The largest absolute Gasteiger partial charge is 0.518 e. The Kier molecular flexibility index (Phi) is 10.2. The van der Waals surface area contributed by atoms with Crippen molar-refractivity contribution >= 4 is 11.8 Å². The second-order valence-corrected chi connectivity index (χ2v) is 7.58. The van der Waals surface area contributed by atoms with Gasteiger partial charge < -0.3 is 9.47 Å². The first-order valence-corrected chi connectivity index (χ1v) is 10.7. The van der Waals surface area contributed by atoms with E-state index in [1.165, 1.54) is 44.9 Å². The van der Waals surface area contributed by atoms with E-state index in [0.717, 1.165) is 44.1 Å². The smallest absolute Gasteiger partial charge is 0.494 e. The van der Waals surface area contributed by atoms with Gasteiger partial charge in [-0.3, -0.25) is 4.90 Å². The number of unbranched alkanes of at least 4 members (excludes halogenated alkanes) is 4. The van der Waals surface area contributed by atoms with E-state index in [4.69, 9.17) is 9.47 Å². The van der Waals surface area contributed by atoms with Crippen LogP contribution in [0.1, 0.15) is 65.2 Å². The number of primary amides is 1. The summed E-state index contributed by atoms with van der Waals surface area (Å²) in [4.78, 5) is 14.5. The summed E-state index contributed by atoms with van der Waals surface area (Å²) in [6.07, 6.45) is 9.63. The standard InChI is InChI=1S/C22H36N2O3/c1-3-4-5-6-10-17-26-21-13-11-20(12-14-21)23-22(25)27-19(2)18-24-15-8-7-9-16-24/h11-14,19H,3-10,15-18H2,1-2H3,(H,23,25)/p+1/t19-/m0/s1. The van der Waals surface area contributed by atoms with Gasteiger partial charge in [0.05, 0.1) is 6.61 Å². The first-order chi connectivity index (χ1) is 13.2. The van der Waals surface area contributed by atoms with Crippen LogP contribution in [0.5, 0.6) is 5.75 Å². The van der Waals surface area contributed by atoms with Crippen LogP contribution in [0.4, 0.5) is 10.5 Å². The number of piperidine rings is 1. The number of nitrogens with zero attached hydrogens (tertiary/aromatic N) is 1. The lowest BCUT2D eigenvalue weighted by Crippen LogP contribution is -2.82. The Morgan fingerprint density at radius 3 is 2.48 bits per heavy atom. The second kappa shape index (κ2) is 12.7. The Balaban J connectivity index is 1.63. The SMILES string of the molecule is CCCCCCCOc1ccc([NH2+]C(=O)O[C@@H](C)CN2CCCCC2)cc1. The Morgan fingerprint density at radius 2 is 1.78 bits per heavy atom. The predicted molar refractivity (Wildman–Crippen MR) is 109 cm³/mol. The van der Waals surface area contributed by atoms with Crippen molar-refractivity contribution in [2.45, 2.75) is 71.3 Å². The third kappa shape index (κ3) is 9.25. The van der Waals surface area contributed by atoms with Crippen LogP contribution in [0, 0.1) is 0 Å². The van der Waals surface area contributed by atoms with Gasteiger partial charge >= 0.3 is 6.09 Å². The minimum atomic E-state index is -0.274. The topological polar surface area (TPSA) is 55.4 Å². The van der Waals surface area contributed by atoms with Crippen molar-refractivity contribution < 1.29 is 19.6 Å². The molecular weight excluding hydrogens is 340 g/mol. The summed E-state index contributed by atoms with van der Waals surface area (Å²) in [5.41, 5.74) is 0.848. The number of benzene rings is 1. The minimum absolute atomic E-state index is 0.0813. The van der Waals surface area contributed by atoms with Crippen LogP contribution in [0.15, 0.2) is 24.3 Å². The first kappa shape index (κ1) is 21.7. The molecule has 5 nitrogen and oxygen atoms in total. The lowest BCUT2D eigenvalue weighted by atomic mass is 10.1. The van der Waals surface area contributed by atoms with Crippen molar-refractivity contribution in [2.24, 2.45) is 0 Å². The molecule has 0 aliphatic carbocycles. The molecule has 0 aromatic heterocycles. The van der Waals surface area contributed by atoms with Crippen molar-refractivity contribution in [1.29, 1.82) is 0 Å². The summed E-state index contributed by atoms with van der Waals surface area (Å²) >= 11 is 0. The van der Waals surface area contributed by atoms with Gasteiger partial charge in [-0.15, -0.1) is 0 Å². The van der Waals surface area contributed by atoms with E-state index in [1.807, 2.05) is 31.2 Å². The van der Waals surface area contributed by atoms with Crippen molar-refractivity contribution in [3.05, 3.63) is 24.3 Å². The average Bonchev–Trinajstić information content (AvgIpc) is 2.66. The fourth-order valence-corrected chi connectivity index (χ4v) is 3.47. The summed E-state index contributed by atoms with van der Waals surface area (Å²) in [7, 11) is 0. The molecule has 1 fully saturated rings. The van der Waals surface area contributed by atoms with Crippen LogP contribution >= 0.6 is 0 Å². The van der Waals surface area contributed by atoms with E-state index in [9.17, 15) is 4.79 Å². The molecule has 152 valence electrons. The van der Waals surface area contributed by atoms with Gasteiger partial charge in [-0.1, -0.05) is 39.0 Å². The van der Waals surface area contributed by atoms with Gasteiger partial charge in [0.25, 0.3) is 0 Å². The minimum Gasteiger partial charge on any atom is -0.494 e. The van der Waals surface area contributed by atoms with Crippen LogP contribution in [-0.4, -0.2) is 43.3 Å². The van der Waals surface area contributed by atoms with E-state index in [0.29, 0.717) is 0 Å². The maximum Gasteiger partial charge on any atom is 0.518 e. The first-order valence-electron chi connectivity index (χ1n) is 10.7. The van der Waals surface area contributed by atoms with E-state index in [2.05, 4.69) is 11.8 Å². The van der Waals surface area contributed by atoms with E-state index in [1.54, 1.807) is 5.32 Å². The number of hydrogen-bond acceptors (Lipinski definition) is 4. The highest BCUT2D eigenvalue weighted by molar-refractivity contribution is 5.59. The van der Waals surface area contributed by atoms with Gasteiger partial charge in [-0.2, -0.15) is 4.79 Å². The van der Waals surface area contributed by atoms with Crippen molar-refractivity contribution in [3.63, 3.8) is 0 Å². The number of carbonyl (C=O) groups excluding carboxylic acids is 1. The Bertz CT molecular complexity index is 527. The van der Waals surface area contributed by atoms with Crippen LogP contribution in [0.3, 0.4) is 0 Å². The molecule has 5 heteroatoms. The number of ether oxygens (including phenoxy) is 2. The summed E-state index contributed by atoms with van der Waals surface area (Å²) < 4.78 is 11.3. The van der Waals surface area contributed by atoms with Gasteiger partial charge in [-0.25, -0.2) is 5.32 Å². The van der Waals surface area contributed by atoms with E-state index >= 15 is 0 Å². The zero-order valence-electron chi connectivity index (χ0n) is 17.1. The molecule has 1 aromatic carbocycles. The predicted octanol–water partition coefficient (Wildman–Crippen LogP) is 4.24. The quantitative estimate of drug-likeness (QED) is 0.463. The van der Waals surface area contributed by atoms with Gasteiger partial charge in [-0.05, 0) is 51.4 Å². The Morgan fingerprint density at radius 1 is 1.07 bits per heavy atom. The molecule has 0 saturated carbocycles. The number of likely N-dealkylation sites (tertiary alicyclic amines) is 1. The molecule has 0 bridgehead atoms. The molecule has 27 heavy (non-hydrogen) atoms. The second-order valence-electron chi connectivity index (χ2n) is 7.58. The number of quaternary nitrogens is 1. The Labute approximate surface area is 164 Å². The molecule has 1 atom stereocenters. The highest BCUT2D eigenvalue weighted by Crippen LogP contribution is 2.14. The normalized spacial score (nSPS) is 16.1. The molecule has 0 spiro atoms. The maximum absolute atomic E-state index is 12.1. The summed E-state index contributed by atoms with van der Waals surface area (Å²) in [6, 6.07) is 7.65. The number of hydrogen-bond donors (Lipinski definition) is 1. The van der Waals surface area contributed by atoms with Crippen LogP contribution in [0.25, 0.3) is 0 Å². The van der Waals surface area contributed by atoms with Crippen molar-refractivity contribution in [1.82, 2.24) is 4.90 Å². The molecule has 1 heterocycles. The van der Waals surface area contributed by atoms with Gasteiger partial charge in [0.2, 0.25) is 0 Å². The molecule has 2 N–H and O–H groups in total. The van der Waals surface area contributed by atoms with E-state index < -0.39 is 0 Å². The molecular formula is C22H37N2O3+.